The molecule has 1 saturated heterocycles. The Labute approximate surface area is 201 Å². The molecule has 0 amide bonds. The molecule has 1 aliphatic heterocycles. The van der Waals surface area contributed by atoms with Gasteiger partial charge >= 0.3 is 0 Å². The summed E-state index contributed by atoms with van der Waals surface area (Å²) in [4.78, 5) is 25.9. The minimum Gasteiger partial charge on any atom is -0.384 e. The van der Waals surface area contributed by atoms with Gasteiger partial charge in [0, 0.05) is 42.8 Å². The molecule has 1 aromatic carbocycles. The van der Waals surface area contributed by atoms with Crippen LogP contribution in [-0.2, 0) is 10.4 Å². The van der Waals surface area contributed by atoms with Crippen molar-refractivity contribution < 1.29 is 9.90 Å². The van der Waals surface area contributed by atoms with Crippen LogP contribution in [0.3, 0.4) is 0 Å². The number of aldehydes is 1. The van der Waals surface area contributed by atoms with E-state index in [2.05, 4.69) is 45.9 Å². The van der Waals surface area contributed by atoms with Gasteiger partial charge < -0.3 is 14.8 Å². The summed E-state index contributed by atoms with van der Waals surface area (Å²) in [6, 6.07) is 7.78. The van der Waals surface area contributed by atoms with Crippen LogP contribution in [-0.4, -0.2) is 64.6 Å². The molecule has 0 saturated carbocycles. The summed E-state index contributed by atoms with van der Waals surface area (Å²) < 4.78 is 0. The third-order valence-electron chi connectivity index (χ3n) is 6.82. The van der Waals surface area contributed by atoms with Gasteiger partial charge in [0.1, 0.15) is 24.0 Å². The number of benzene rings is 1. The third kappa shape index (κ3) is 4.92. The van der Waals surface area contributed by atoms with Gasteiger partial charge in [-0.3, -0.25) is 10.2 Å². The summed E-state index contributed by atoms with van der Waals surface area (Å²) in [6.07, 6.45) is 3.16. The van der Waals surface area contributed by atoms with Crippen molar-refractivity contribution in [1.82, 2.24) is 20.2 Å². The zero-order chi connectivity index (χ0) is 23.8. The predicted molar refractivity (Wildman–Crippen MR) is 131 cm³/mol. The Morgan fingerprint density at radius 1 is 1.18 bits per heavy atom. The van der Waals surface area contributed by atoms with Crippen molar-refractivity contribution in [2.75, 3.05) is 31.1 Å². The van der Waals surface area contributed by atoms with Crippen LogP contribution in [0.4, 0.5) is 5.82 Å². The van der Waals surface area contributed by atoms with E-state index in [1.807, 2.05) is 31.2 Å². The second-order valence-electron chi connectivity index (χ2n) is 9.84. The van der Waals surface area contributed by atoms with Crippen molar-refractivity contribution in [1.29, 1.82) is 0 Å². The van der Waals surface area contributed by atoms with Gasteiger partial charge in [0.15, 0.2) is 0 Å². The number of halogens is 1. The average molecular weight is 472 g/mol. The van der Waals surface area contributed by atoms with E-state index in [1.165, 1.54) is 0 Å². The lowest BCUT2D eigenvalue weighted by atomic mass is 9.95. The van der Waals surface area contributed by atoms with E-state index in [-0.39, 0.29) is 24.0 Å². The van der Waals surface area contributed by atoms with Gasteiger partial charge in [0.25, 0.3) is 0 Å². The Balaban J connectivity index is 1.54. The van der Waals surface area contributed by atoms with Crippen molar-refractivity contribution in [3.8, 4) is 0 Å². The number of hydrogen-bond donors (Lipinski definition) is 2. The van der Waals surface area contributed by atoms with Crippen molar-refractivity contribution in [3.05, 3.63) is 52.4 Å². The van der Waals surface area contributed by atoms with Gasteiger partial charge in [-0.05, 0) is 50.8 Å². The van der Waals surface area contributed by atoms with E-state index in [1.54, 1.807) is 6.33 Å². The number of fused-ring (bicyclic) bond motifs is 1. The fourth-order valence-corrected chi connectivity index (χ4v) is 5.45. The first-order chi connectivity index (χ1) is 15.7. The number of piperazine rings is 1. The Hall–Kier alpha value is -2.06. The van der Waals surface area contributed by atoms with Crippen LogP contribution in [0.15, 0.2) is 30.6 Å². The van der Waals surface area contributed by atoms with Gasteiger partial charge in [-0.25, -0.2) is 9.97 Å². The number of aromatic nitrogens is 2. The van der Waals surface area contributed by atoms with Gasteiger partial charge in [0.05, 0.1) is 17.8 Å². The molecule has 2 N–H and O–H groups in total. The SMILES string of the molecule is CC(C)NC(C(C=O)c1ccc(Cl)cc1)N1CCN(c2ncnc3c2[C@H](C)CC3(C)O)CC1. The fourth-order valence-electron chi connectivity index (χ4n) is 5.33. The maximum atomic E-state index is 12.2. The molecule has 8 heteroatoms. The highest BCUT2D eigenvalue weighted by Crippen LogP contribution is 2.46. The largest absolute Gasteiger partial charge is 0.384 e. The zero-order valence-corrected chi connectivity index (χ0v) is 20.6. The topological polar surface area (TPSA) is 81.6 Å². The summed E-state index contributed by atoms with van der Waals surface area (Å²) in [7, 11) is 0. The van der Waals surface area contributed by atoms with Gasteiger partial charge in [0.2, 0.25) is 0 Å². The number of carbonyl (C=O) groups is 1. The van der Waals surface area contributed by atoms with Crippen molar-refractivity contribution >= 4 is 23.7 Å². The first kappa shape index (κ1) is 24.1. The molecule has 0 radical (unpaired) electrons. The van der Waals surface area contributed by atoms with Crippen molar-refractivity contribution in [2.24, 2.45) is 0 Å². The van der Waals surface area contributed by atoms with Crippen LogP contribution in [0.1, 0.15) is 62.8 Å². The number of hydrogen-bond acceptors (Lipinski definition) is 7. The summed E-state index contributed by atoms with van der Waals surface area (Å²) >= 11 is 6.07. The van der Waals surface area contributed by atoms with E-state index in [9.17, 15) is 9.90 Å². The third-order valence-corrected chi connectivity index (χ3v) is 7.07. The normalized spacial score (nSPS) is 25.2. The summed E-state index contributed by atoms with van der Waals surface area (Å²) in [5, 5.41) is 15.1. The van der Waals surface area contributed by atoms with E-state index in [4.69, 9.17) is 11.6 Å². The lowest BCUT2D eigenvalue weighted by Crippen LogP contribution is -2.58. The molecule has 0 spiro atoms. The molecule has 178 valence electrons. The van der Waals surface area contributed by atoms with E-state index in [0.717, 1.165) is 55.1 Å². The highest BCUT2D eigenvalue weighted by molar-refractivity contribution is 6.30. The minimum absolute atomic E-state index is 0.110. The van der Waals surface area contributed by atoms with E-state index >= 15 is 0 Å². The number of nitrogens with one attached hydrogen (secondary N) is 1. The molecule has 0 bridgehead atoms. The monoisotopic (exact) mass is 471 g/mol. The molecule has 2 aromatic rings. The molecular formula is C25H34ClN5O2. The lowest BCUT2D eigenvalue weighted by Gasteiger charge is -2.43. The van der Waals surface area contributed by atoms with Crippen LogP contribution in [0, 0.1) is 0 Å². The summed E-state index contributed by atoms with van der Waals surface area (Å²) in [6.45, 7) is 11.4. The number of anilines is 1. The van der Waals surface area contributed by atoms with Crippen LogP contribution in [0.5, 0.6) is 0 Å². The molecule has 7 nitrogen and oxygen atoms in total. The first-order valence-electron chi connectivity index (χ1n) is 11.7. The predicted octanol–water partition coefficient (Wildman–Crippen LogP) is 3.27. The molecule has 1 aromatic heterocycles. The Morgan fingerprint density at radius 2 is 1.85 bits per heavy atom. The zero-order valence-electron chi connectivity index (χ0n) is 19.8. The standard InChI is InChI=1S/C25H34ClN5O2/c1-16(2)29-23(20(14-32)18-5-7-19(26)8-6-18)30-9-11-31(12-10-30)24-21-17(3)13-25(4,33)22(21)27-15-28-24/h5-8,14-17,20,23,29,33H,9-13H2,1-4H3/t17-,20?,23?,25?/m1/s1. The number of rotatable bonds is 7. The van der Waals surface area contributed by atoms with Gasteiger partial charge in [-0.2, -0.15) is 0 Å². The molecule has 4 rings (SSSR count). The lowest BCUT2D eigenvalue weighted by molar-refractivity contribution is -0.111. The first-order valence-corrected chi connectivity index (χ1v) is 12.1. The minimum atomic E-state index is -0.906. The summed E-state index contributed by atoms with van der Waals surface area (Å²) in [5.41, 5.74) is 1.88. The second-order valence-corrected chi connectivity index (χ2v) is 10.3. The maximum Gasteiger partial charge on any atom is 0.135 e. The maximum absolute atomic E-state index is 12.2. The number of carbonyl (C=O) groups excluding carboxylic acids is 1. The van der Waals surface area contributed by atoms with Crippen LogP contribution < -0.4 is 10.2 Å². The van der Waals surface area contributed by atoms with Gasteiger partial charge in [-0.1, -0.05) is 30.7 Å². The average Bonchev–Trinajstić information content (AvgIpc) is 3.03. The van der Waals surface area contributed by atoms with Crippen molar-refractivity contribution in [2.45, 2.75) is 63.8 Å². The molecule has 1 aliphatic carbocycles. The molecule has 2 heterocycles. The number of aliphatic hydroxyl groups is 1. The Bertz CT molecular complexity index is 973. The molecular weight excluding hydrogens is 438 g/mol. The highest BCUT2D eigenvalue weighted by atomic mass is 35.5. The van der Waals surface area contributed by atoms with E-state index in [0.29, 0.717) is 11.4 Å². The summed E-state index contributed by atoms with van der Waals surface area (Å²) in [5.74, 6) is 0.849. The molecule has 33 heavy (non-hydrogen) atoms. The molecule has 1 fully saturated rings. The van der Waals surface area contributed by atoms with E-state index < -0.39 is 5.60 Å². The van der Waals surface area contributed by atoms with Crippen LogP contribution in [0.2, 0.25) is 5.02 Å². The Kier molecular flexibility index (Phi) is 7.05. The van der Waals surface area contributed by atoms with Crippen molar-refractivity contribution in [3.63, 3.8) is 0 Å². The smallest absolute Gasteiger partial charge is 0.135 e. The molecule has 2 aliphatic rings. The highest BCUT2D eigenvalue weighted by Gasteiger charge is 2.41. The fraction of sp³-hybridized carbons (Fsp3) is 0.560. The Morgan fingerprint density at radius 3 is 2.45 bits per heavy atom. The molecule has 3 unspecified atom stereocenters. The second kappa shape index (κ2) is 9.66. The van der Waals surface area contributed by atoms with Crippen LogP contribution in [0.25, 0.3) is 0 Å². The quantitative estimate of drug-likeness (QED) is 0.599. The van der Waals surface area contributed by atoms with Crippen LogP contribution >= 0.6 is 11.6 Å². The molecule has 4 atom stereocenters. The number of nitrogens with zero attached hydrogens (tertiary/aromatic N) is 4. The van der Waals surface area contributed by atoms with Gasteiger partial charge in [-0.15, -0.1) is 0 Å².